The predicted molar refractivity (Wildman–Crippen MR) is 65.9 cm³/mol. The van der Waals surface area contributed by atoms with Crippen molar-refractivity contribution in [2.24, 2.45) is 0 Å². The van der Waals surface area contributed by atoms with Gasteiger partial charge in [-0.2, -0.15) is 0 Å². The Labute approximate surface area is 105 Å². The van der Waals surface area contributed by atoms with Crippen molar-refractivity contribution in [2.45, 2.75) is 12.2 Å². The molecule has 0 bridgehead atoms. The summed E-state index contributed by atoms with van der Waals surface area (Å²) in [6, 6.07) is 19.3. The highest BCUT2D eigenvalue weighted by Crippen LogP contribution is 2.40. The van der Waals surface area contributed by atoms with Gasteiger partial charge in [0.05, 0.1) is 0 Å². The topological polar surface area (TPSA) is 35.5 Å². The molecule has 2 aromatic rings. The third kappa shape index (κ3) is 1.95. The zero-order valence-electron chi connectivity index (χ0n) is 9.65. The minimum atomic E-state index is -0.613. The van der Waals surface area contributed by atoms with Crippen LogP contribution in [0.5, 0.6) is 0 Å². The molecule has 1 saturated heterocycles. The van der Waals surface area contributed by atoms with Gasteiger partial charge in [-0.1, -0.05) is 60.7 Å². The summed E-state index contributed by atoms with van der Waals surface area (Å²) in [6.45, 7) is 0. The van der Waals surface area contributed by atoms with Crippen molar-refractivity contribution in [3.63, 3.8) is 0 Å². The fourth-order valence-corrected chi connectivity index (χ4v) is 2.13. The first-order chi connectivity index (χ1) is 8.84. The van der Waals surface area contributed by atoms with Crippen LogP contribution in [0.25, 0.3) is 0 Å². The standard InChI is InChI=1S/C15H12O3/c16-15-17-13(11-7-3-1-4-8-11)14(18-15)12-9-5-2-6-10-12/h1-10,13-14H. The van der Waals surface area contributed by atoms with E-state index >= 15 is 0 Å². The van der Waals surface area contributed by atoms with E-state index in [0.29, 0.717) is 0 Å². The number of carbonyl (C=O) groups excluding carboxylic acids is 1. The first kappa shape index (κ1) is 10.8. The van der Waals surface area contributed by atoms with Crippen LogP contribution < -0.4 is 0 Å². The normalized spacial score (nSPS) is 22.3. The molecule has 0 N–H and O–H groups in total. The fraction of sp³-hybridized carbons (Fsp3) is 0.133. The van der Waals surface area contributed by atoms with Crippen LogP contribution in [0.2, 0.25) is 0 Å². The Balaban J connectivity index is 1.96. The molecule has 18 heavy (non-hydrogen) atoms. The molecule has 0 spiro atoms. The summed E-state index contributed by atoms with van der Waals surface area (Å²) >= 11 is 0. The maximum absolute atomic E-state index is 11.4. The van der Waals surface area contributed by atoms with Gasteiger partial charge < -0.3 is 9.47 Å². The van der Waals surface area contributed by atoms with Crippen LogP contribution in [0.1, 0.15) is 23.3 Å². The van der Waals surface area contributed by atoms with Crippen molar-refractivity contribution in [1.29, 1.82) is 0 Å². The Morgan fingerprint density at radius 3 is 1.44 bits per heavy atom. The first-order valence-corrected chi connectivity index (χ1v) is 5.82. The molecule has 0 saturated carbocycles. The van der Waals surface area contributed by atoms with Gasteiger partial charge in [0.2, 0.25) is 0 Å². The van der Waals surface area contributed by atoms with E-state index < -0.39 is 6.16 Å². The monoisotopic (exact) mass is 240 g/mol. The van der Waals surface area contributed by atoms with E-state index in [2.05, 4.69) is 0 Å². The molecule has 1 heterocycles. The predicted octanol–water partition coefficient (Wildman–Crippen LogP) is 3.64. The molecule has 0 amide bonds. The lowest BCUT2D eigenvalue weighted by molar-refractivity contribution is 0.116. The Morgan fingerprint density at radius 1 is 0.667 bits per heavy atom. The van der Waals surface area contributed by atoms with Gasteiger partial charge in [-0.25, -0.2) is 4.79 Å². The largest absolute Gasteiger partial charge is 0.509 e. The third-order valence-electron chi connectivity index (χ3n) is 2.98. The zero-order chi connectivity index (χ0) is 12.4. The molecule has 1 aliphatic rings. The summed E-state index contributed by atoms with van der Waals surface area (Å²) in [6.07, 6.45) is -1.36. The number of rotatable bonds is 2. The molecule has 2 atom stereocenters. The third-order valence-corrected chi connectivity index (χ3v) is 2.98. The molecule has 3 nitrogen and oxygen atoms in total. The van der Waals surface area contributed by atoms with Crippen LogP contribution in [0.3, 0.4) is 0 Å². The summed E-state index contributed by atoms with van der Waals surface area (Å²) in [5.41, 5.74) is 1.88. The van der Waals surface area contributed by atoms with E-state index in [1.54, 1.807) is 0 Å². The molecule has 1 aliphatic heterocycles. The van der Waals surface area contributed by atoms with Gasteiger partial charge >= 0.3 is 6.16 Å². The number of cyclic esters (lactones) is 2. The minimum Gasteiger partial charge on any atom is -0.422 e. The van der Waals surface area contributed by atoms with Crippen LogP contribution in [-0.2, 0) is 9.47 Å². The molecular formula is C15H12O3. The Hall–Kier alpha value is -2.29. The minimum absolute atomic E-state index is 0.374. The van der Waals surface area contributed by atoms with E-state index in [-0.39, 0.29) is 12.2 Å². The van der Waals surface area contributed by atoms with Crippen molar-refractivity contribution in [1.82, 2.24) is 0 Å². The number of carbonyl (C=O) groups is 1. The van der Waals surface area contributed by atoms with Crippen LogP contribution in [0.4, 0.5) is 4.79 Å². The number of hydrogen-bond acceptors (Lipinski definition) is 3. The van der Waals surface area contributed by atoms with E-state index in [1.165, 1.54) is 0 Å². The smallest absolute Gasteiger partial charge is 0.422 e. The summed E-state index contributed by atoms with van der Waals surface area (Å²) < 4.78 is 10.5. The molecular weight excluding hydrogens is 228 g/mol. The van der Waals surface area contributed by atoms with Crippen molar-refractivity contribution in [3.8, 4) is 0 Å². The number of benzene rings is 2. The highest BCUT2D eigenvalue weighted by atomic mass is 16.8. The molecule has 3 heteroatoms. The molecule has 90 valence electrons. The van der Waals surface area contributed by atoms with Gasteiger partial charge in [0.25, 0.3) is 0 Å². The Morgan fingerprint density at radius 2 is 1.06 bits per heavy atom. The molecule has 2 aromatic carbocycles. The molecule has 0 radical (unpaired) electrons. The van der Waals surface area contributed by atoms with Crippen molar-refractivity contribution in [3.05, 3.63) is 71.8 Å². The summed E-state index contributed by atoms with van der Waals surface area (Å²) in [5, 5.41) is 0. The van der Waals surface area contributed by atoms with E-state index in [0.717, 1.165) is 11.1 Å². The van der Waals surface area contributed by atoms with Gasteiger partial charge in [-0.05, 0) is 11.1 Å². The van der Waals surface area contributed by atoms with Crippen LogP contribution in [0, 0.1) is 0 Å². The van der Waals surface area contributed by atoms with E-state index in [1.807, 2.05) is 60.7 Å². The maximum Gasteiger partial charge on any atom is 0.509 e. The first-order valence-electron chi connectivity index (χ1n) is 5.82. The fourth-order valence-electron chi connectivity index (χ4n) is 2.13. The Kier molecular flexibility index (Phi) is 2.73. The lowest BCUT2D eigenvalue weighted by Crippen LogP contribution is -2.06. The molecule has 0 aliphatic carbocycles. The quantitative estimate of drug-likeness (QED) is 0.752. The van der Waals surface area contributed by atoms with Gasteiger partial charge in [0.15, 0.2) is 12.2 Å². The van der Waals surface area contributed by atoms with E-state index in [9.17, 15) is 4.79 Å². The van der Waals surface area contributed by atoms with Gasteiger partial charge in [-0.15, -0.1) is 0 Å². The van der Waals surface area contributed by atoms with Gasteiger partial charge in [0, 0.05) is 0 Å². The van der Waals surface area contributed by atoms with Crippen LogP contribution in [0.15, 0.2) is 60.7 Å². The molecule has 3 rings (SSSR count). The van der Waals surface area contributed by atoms with Crippen molar-refractivity contribution in [2.75, 3.05) is 0 Å². The second-order valence-corrected chi connectivity index (χ2v) is 4.15. The summed E-state index contributed by atoms with van der Waals surface area (Å²) in [4.78, 5) is 11.4. The molecule has 2 unspecified atom stereocenters. The lowest BCUT2D eigenvalue weighted by atomic mass is 9.99. The average molecular weight is 240 g/mol. The lowest BCUT2D eigenvalue weighted by Gasteiger charge is -2.15. The average Bonchev–Trinajstić information content (AvgIpc) is 2.83. The number of hydrogen-bond donors (Lipinski definition) is 0. The van der Waals surface area contributed by atoms with Gasteiger partial charge in [-0.3, -0.25) is 0 Å². The summed E-state index contributed by atoms with van der Waals surface area (Å²) in [7, 11) is 0. The van der Waals surface area contributed by atoms with Crippen LogP contribution in [-0.4, -0.2) is 6.16 Å². The second kappa shape index (κ2) is 4.53. The molecule has 1 fully saturated rings. The zero-order valence-corrected chi connectivity index (χ0v) is 9.65. The SMILES string of the molecule is O=C1OC(c2ccccc2)C(c2ccccc2)O1. The van der Waals surface area contributed by atoms with Gasteiger partial charge in [0.1, 0.15) is 0 Å². The van der Waals surface area contributed by atoms with Crippen molar-refractivity contribution < 1.29 is 14.3 Å². The van der Waals surface area contributed by atoms with Crippen molar-refractivity contribution >= 4 is 6.16 Å². The number of ether oxygens (including phenoxy) is 2. The van der Waals surface area contributed by atoms with E-state index in [4.69, 9.17) is 9.47 Å². The Bertz CT molecular complexity index is 487. The maximum atomic E-state index is 11.4. The second-order valence-electron chi connectivity index (χ2n) is 4.15. The summed E-state index contributed by atoms with van der Waals surface area (Å²) in [5.74, 6) is 0. The molecule has 0 aromatic heterocycles. The highest BCUT2D eigenvalue weighted by Gasteiger charge is 2.38. The highest BCUT2D eigenvalue weighted by molar-refractivity contribution is 5.63. The van der Waals surface area contributed by atoms with Crippen LogP contribution >= 0.6 is 0 Å².